The second-order valence-corrected chi connectivity index (χ2v) is 9.11. The number of aromatic nitrogens is 2. The lowest BCUT2D eigenvalue weighted by Gasteiger charge is -2.34. The van der Waals surface area contributed by atoms with Crippen LogP contribution in [0.5, 0.6) is 0 Å². The second kappa shape index (κ2) is 6.77. The highest BCUT2D eigenvalue weighted by molar-refractivity contribution is 7.22. The maximum atomic E-state index is 4.87. The SMILES string of the molecule is CCc1ccc2nc(N3CCN(c4nc5ccc(C)cc5s4)CC3)sc2c1. The highest BCUT2D eigenvalue weighted by atomic mass is 32.1. The summed E-state index contributed by atoms with van der Waals surface area (Å²) >= 11 is 3.63. The van der Waals surface area contributed by atoms with Crippen LogP contribution in [-0.2, 0) is 6.42 Å². The van der Waals surface area contributed by atoms with Crippen molar-refractivity contribution in [3.8, 4) is 0 Å². The van der Waals surface area contributed by atoms with E-state index < -0.39 is 0 Å². The van der Waals surface area contributed by atoms with Gasteiger partial charge >= 0.3 is 0 Å². The Morgan fingerprint density at radius 2 is 1.37 bits per heavy atom. The molecule has 0 amide bonds. The van der Waals surface area contributed by atoms with Crippen LogP contribution in [0.1, 0.15) is 18.1 Å². The zero-order chi connectivity index (χ0) is 18.4. The number of rotatable bonds is 3. The van der Waals surface area contributed by atoms with E-state index in [1.165, 1.54) is 20.5 Å². The topological polar surface area (TPSA) is 32.3 Å². The van der Waals surface area contributed by atoms with Gasteiger partial charge in [0.25, 0.3) is 0 Å². The monoisotopic (exact) mass is 394 g/mol. The number of aryl methyl sites for hydroxylation is 2. The quantitative estimate of drug-likeness (QED) is 0.484. The molecule has 0 aliphatic carbocycles. The first-order valence-corrected chi connectivity index (χ1v) is 11.1. The summed E-state index contributed by atoms with van der Waals surface area (Å²) in [6.07, 6.45) is 1.07. The first-order chi connectivity index (χ1) is 13.2. The van der Waals surface area contributed by atoms with Gasteiger partial charge in [-0.25, -0.2) is 9.97 Å². The standard InChI is InChI=1S/C21H22N4S2/c1-3-15-5-7-17-19(13-15)27-21(23-17)25-10-8-24(9-11-25)20-22-16-6-4-14(2)12-18(16)26-20/h4-7,12-13H,3,8-11H2,1-2H3. The molecule has 0 unspecified atom stereocenters. The Bertz CT molecular complexity index is 1110. The summed E-state index contributed by atoms with van der Waals surface area (Å²) in [5, 5.41) is 2.30. The molecule has 0 N–H and O–H groups in total. The van der Waals surface area contributed by atoms with Crippen LogP contribution in [0.4, 0.5) is 10.3 Å². The van der Waals surface area contributed by atoms with Crippen LogP contribution in [0.3, 0.4) is 0 Å². The fourth-order valence-corrected chi connectivity index (χ4v) is 5.75. The maximum absolute atomic E-state index is 4.87. The van der Waals surface area contributed by atoms with Crippen LogP contribution in [0.2, 0.25) is 0 Å². The van der Waals surface area contributed by atoms with E-state index in [2.05, 4.69) is 60.0 Å². The third-order valence-corrected chi connectivity index (χ3v) is 7.36. The summed E-state index contributed by atoms with van der Waals surface area (Å²) in [5.41, 5.74) is 4.91. The van der Waals surface area contributed by atoms with E-state index in [1.54, 1.807) is 11.3 Å². The van der Waals surface area contributed by atoms with Gasteiger partial charge in [0.2, 0.25) is 0 Å². The molecule has 0 saturated carbocycles. The number of benzene rings is 2. The van der Waals surface area contributed by atoms with E-state index >= 15 is 0 Å². The Morgan fingerprint density at radius 3 is 1.96 bits per heavy atom. The maximum Gasteiger partial charge on any atom is 0.186 e. The number of thiazole rings is 2. The molecule has 138 valence electrons. The fourth-order valence-electron chi connectivity index (χ4n) is 3.56. The van der Waals surface area contributed by atoms with Gasteiger partial charge in [-0.15, -0.1) is 0 Å². The molecule has 4 aromatic rings. The average Bonchev–Trinajstić information content (AvgIpc) is 3.31. The summed E-state index contributed by atoms with van der Waals surface area (Å²) in [7, 11) is 0. The van der Waals surface area contributed by atoms with Crippen LogP contribution in [0, 0.1) is 6.92 Å². The molecule has 3 heterocycles. The van der Waals surface area contributed by atoms with Crippen molar-refractivity contribution in [1.29, 1.82) is 0 Å². The third kappa shape index (κ3) is 3.17. The van der Waals surface area contributed by atoms with Crippen molar-refractivity contribution in [2.45, 2.75) is 20.3 Å². The predicted molar refractivity (Wildman–Crippen MR) is 118 cm³/mol. The molecule has 0 bridgehead atoms. The van der Waals surface area contributed by atoms with Crippen LogP contribution in [-0.4, -0.2) is 36.1 Å². The molecule has 2 aromatic heterocycles. The molecular weight excluding hydrogens is 372 g/mol. The van der Waals surface area contributed by atoms with Gasteiger partial charge in [0.1, 0.15) is 0 Å². The first kappa shape index (κ1) is 17.0. The molecule has 6 heteroatoms. The van der Waals surface area contributed by atoms with Gasteiger partial charge < -0.3 is 9.80 Å². The van der Waals surface area contributed by atoms with Crippen LogP contribution in [0.25, 0.3) is 20.4 Å². The highest BCUT2D eigenvalue weighted by Gasteiger charge is 2.22. The number of fused-ring (bicyclic) bond motifs is 2. The largest absolute Gasteiger partial charge is 0.345 e. The summed E-state index contributed by atoms with van der Waals surface area (Å²) in [6.45, 7) is 8.32. The van der Waals surface area contributed by atoms with Crippen LogP contribution >= 0.6 is 22.7 Å². The van der Waals surface area contributed by atoms with Crippen LogP contribution in [0.15, 0.2) is 36.4 Å². The number of hydrogen-bond acceptors (Lipinski definition) is 6. The van der Waals surface area contributed by atoms with Crippen molar-refractivity contribution < 1.29 is 0 Å². The van der Waals surface area contributed by atoms with E-state index in [4.69, 9.17) is 9.97 Å². The Morgan fingerprint density at radius 1 is 0.815 bits per heavy atom. The van der Waals surface area contributed by atoms with Gasteiger partial charge in [-0.2, -0.15) is 0 Å². The molecule has 2 aromatic carbocycles. The number of hydrogen-bond donors (Lipinski definition) is 0. The molecule has 27 heavy (non-hydrogen) atoms. The summed E-state index contributed by atoms with van der Waals surface area (Å²) < 4.78 is 2.58. The van der Waals surface area contributed by atoms with Gasteiger partial charge in [0.15, 0.2) is 10.3 Å². The smallest absolute Gasteiger partial charge is 0.186 e. The number of nitrogens with zero attached hydrogens (tertiary/aromatic N) is 4. The lowest BCUT2D eigenvalue weighted by molar-refractivity contribution is 0.651. The van der Waals surface area contributed by atoms with Crippen molar-refractivity contribution in [2.75, 3.05) is 36.0 Å². The lowest BCUT2D eigenvalue weighted by atomic mass is 10.2. The van der Waals surface area contributed by atoms with Crippen molar-refractivity contribution in [1.82, 2.24) is 9.97 Å². The Kier molecular flexibility index (Phi) is 4.25. The second-order valence-electron chi connectivity index (χ2n) is 7.09. The minimum absolute atomic E-state index is 0.995. The van der Waals surface area contributed by atoms with E-state index in [9.17, 15) is 0 Å². The van der Waals surface area contributed by atoms with Gasteiger partial charge in [-0.05, 0) is 48.7 Å². The van der Waals surface area contributed by atoms with Gasteiger partial charge in [0.05, 0.1) is 20.4 Å². The minimum Gasteiger partial charge on any atom is -0.345 e. The van der Waals surface area contributed by atoms with Crippen molar-refractivity contribution >= 4 is 53.4 Å². The molecular formula is C21H22N4S2. The zero-order valence-corrected chi connectivity index (χ0v) is 17.2. The van der Waals surface area contributed by atoms with Gasteiger partial charge in [-0.1, -0.05) is 41.7 Å². The molecule has 1 fully saturated rings. The molecule has 5 rings (SSSR count). The summed E-state index contributed by atoms with van der Waals surface area (Å²) in [4.78, 5) is 14.5. The fraction of sp³-hybridized carbons (Fsp3) is 0.333. The third-order valence-electron chi connectivity index (χ3n) is 5.20. The van der Waals surface area contributed by atoms with Crippen LogP contribution < -0.4 is 9.80 Å². The minimum atomic E-state index is 0.995. The van der Waals surface area contributed by atoms with Crippen molar-refractivity contribution in [2.24, 2.45) is 0 Å². The van der Waals surface area contributed by atoms with E-state index in [0.717, 1.165) is 53.9 Å². The Balaban J connectivity index is 1.33. The van der Waals surface area contributed by atoms with E-state index in [-0.39, 0.29) is 0 Å². The predicted octanol–water partition coefficient (Wildman–Crippen LogP) is 5.10. The zero-order valence-electron chi connectivity index (χ0n) is 15.6. The first-order valence-electron chi connectivity index (χ1n) is 9.46. The summed E-state index contributed by atoms with van der Waals surface area (Å²) in [6, 6.07) is 13.1. The molecule has 0 atom stereocenters. The molecule has 1 aliphatic rings. The normalized spacial score (nSPS) is 15.2. The van der Waals surface area contributed by atoms with Gasteiger partial charge in [0, 0.05) is 26.2 Å². The molecule has 1 saturated heterocycles. The molecule has 0 radical (unpaired) electrons. The molecule has 4 nitrogen and oxygen atoms in total. The van der Waals surface area contributed by atoms with Crippen molar-refractivity contribution in [3.05, 3.63) is 47.5 Å². The molecule has 0 spiro atoms. The number of anilines is 2. The lowest BCUT2D eigenvalue weighted by Crippen LogP contribution is -2.46. The van der Waals surface area contributed by atoms with Crippen molar-refractivity contribution in [3.63, 3.8) is 0 Å². The highest BCUT2D eigenvalue weighted by Crippen LogP contribution is 2.33. The van der Waals surface area contributed by atoms with Gasteiger partial charge in [-0.3, -0.25) is 0 Å². The summed E-state index contributed by atoms with van der Waals surface area (Å²) in [5.74, 6) is 0. The molecule has 1 aliphatic heterocycles. The average molecular weight is 395 g/mol. The van der Waals surface area contributed by atoms with E-state index in [1.807, 2.05) is 11.3 Å². The Hall–Kier alpha value is -2.18. The Labute approximate surface area is 167 Å². The van der Waals surface area contributed by atoms with E-state index in [0.29, 0.717) is 0 Å². The number of piperazine rings is 1.